The van der Waals surface area contributed by atoms with Crippen LogP contribution in [-0.2, 0) is 0 Å². The molecule has 0 spiro atoms. The third kappa shape index (κ3) is 4.58. The lowest BCUT2D eigenvalue weighted by molar-refractivity contribution is 0.102. The van der Waals surface area contributed by atoms with E-state index >= 15 is 0 Å². The largest absolute Gasteiger partial charge is 0.493 e. The number of nitrogens with zero attached hydrogens (tertiary/aromatic N) is 1. The molecule has 5 aromatic rings. The van der Waals surface area contributed by atoms with Gasteiger partial charge in [-0.3, -0.25) is 4.79 Å². The number of amides is 1. The fraction of sp³-hybridized carbons (Fsp3) is 0.143. The van der Waals surface area contributed by atoms with E-state index in [1.807, 2.05) is 48.5 Å². The van der Waals surface area contributed by atoms with Crippen molar-refractivity contribution in [3.8, 4) is 17.2 Å². The lowest BCUT2D eigenvalue weighted by atomic mass is 10.1. The van der Waals surface area contributed by atoms with Crippen LogP contribution in [0.1, 0.15) is 24.2 Å². The molecule has 5 rings (SSSR count). The van der Waals surface area contributed by atoms with Crippen LogP contribution < -0.4 is 10.1 Å². The zero-order chi connectivity index (χ0) is 22.8. The number of nitrogens with one attached hydrogen (secondary N) is 1. The van der Waals surface area contributed by atoms with Crippen LogP contribution in [-0.4, -0.2) is 17.5 Å². The van der Waals surface area contributed by atoms with E-state index in [-0.39, 0.29) is 5.91 Å². The summed E-state index contributed by atoms with van der Waals surface area (Å²) in [6, 6.07) is 27.0. The molecule has 0 radical (unpaired) electrons. The number of carbonyl (C=O) groups excluding carboxylic acids is 1. The highest BCUT2D eigenvalue weighted by Gasteiger charge is 2.12. The minimum atomic E-state index is -0.206. The van der Waals surface area contributed by atoms with Gasteiger partial charge < -0.3 is 14.5 Å². The summed E-state index contributed by atoms with van der Waals surface area (Å²) in [4.78, 5) is 17.4. The van der Waals surface area contributed by atoms with Crippen molar-refractivity contribution in [3.63, 3.8) is 0 Å². The number of aromatic nitrogens is 1. The van der Waals surface area contributed by atoms with Gasteiger partial charge in [-0.25, -0.2) is 4.98 Å². The maximum atomic E-state index is 12.8. The number of anilines is 1. The number of fused-ring (bicyclic) bond motifs is 2. The molecule has 0 bridgehead atoms. The summed E-state index contributed by atoms with van der Waals surface area (Å²) >= 11 is 0. The molecule has 5 heteroatoms. The molecule has 0 atom stereocenters. The SMILES string of the molecule is CC(C)COc1cccc(C(=O)Nc2ccc3oc(-c4ccc5ccccc5c4)nc3c2)c1. The first-order chi connectivity index (χ1) is 16.0. The highest BCUT2D eigenvalue weighted by atomic mass is 16.5. The highest BCUT2D eigenvalue weighted by Crippen LogP contribution is 2.28. The zero-order valence-corrected chi connectivity index (χ0v) is 18.5. The normalized spacial score (nSPS) is 11.2. The van der Waals surface area contributed by atoms with Crippen molar-refractivity contribution in [2.45, 2.75) is 13.8 Å². The van der Waals surface area contributed by atoms with E-state index < -0.39 is 0 Å². The zero-order valence-electron chi connectivity index (χ0n) is 18.5. The maximum Gasteiger partial charge on any atom is 0.255 e. The predicted molar refractivity (Wildman–Crippen MR) is 132 cm³/mol. The van der Waals surface area contributed by atoms with Gasteiger partial charge in [-0.1, -0.05) is 50.2 Å². The van der Waals surface area contributed by atoms with Crippen LogP contribution in [0.3, 0.4) is 0 Å². The molecule has 33 heavy (non-hydrogen) atoms. The molecule has 0 unspecified atom stereocenters. The summed E-state index contributed by atoms with van der Waals surface area (Å²) in [6.07, 6.45) is 0. The van der Waals surface area contributed by atoms with Crippen LogP contribution >= 0.6 is 0 Å². The first-order valence-corrected chi connectivity index (χ1v) is 11.0. The molecule has 1 heterocycles. The summed E-state index contributed by atoms with van der Waals surface area (Å²) in [7, 11) is 0. The maximum absolute atomic E-state index is 12.8. The van der Waals surface area contributed by atoms with Gasteiger partial charge in [0.15, 0.2) is 5.58 Å². The van der Waals surface area contributed by atoms with Crippen molar-refractivity contribution >= 4 is 33.5 Å². The molecule has 1 N–H and O–H groups in total. The Morgan fingerprint density at radius 3 is 2.64 bits per heavy atom. The van der Waals surface area contributed by atoms with Crippen molar-refractivity contribution in [3.05, 3.63) is 90.5 Å². The number of rotatable bonds is 6. The standard InChI is InChI=1S/C28H24N2O3/c1-18(2)17-32-24-9-5-8-21(15-24)27(31)29-23-12-13-26-25(16-23)30-28(33-26)22-11-10-19-6-3-4-7-20(19)14-22/h3-16,18H,17H2,1-2H3,(H,29,31). The Kier molecular flexibility index (Phi) is 5.53. The van der Waals surface area contributed by atoms with Crippen molar-refractivity contribution in [2.24, 2.45) is 5.92 Å². The Hall–Kier alpha value is -4.12. The van der Waals surface area contributed by atoms with E-state index in [2.05, 4.69) is 48.4 Å². The van der Waals surface area contributed by atoms with Gasteiger partial charge in [0.1, 0.15) is 11.3 Å². The molecule has 0 fully saturated rings. The van der Waals surface area contributed by atoms with Crippen LogP contribution in [0.15, 0.2) is 89.3 Å². The molecule has 0 saturated carbocycles. The van der Waals surface area contributed by atoms with Gasteiger partial charge >= 0.3 is 0 Å². The molecular formula is C28H24N2O3. The number of hydrogen-bond donors (Lipinski definition) is 1. The molecule has 5 nitrogen and oxygen atoms in total. The lowest BCUT2D eigenvalue weighted by Gasteiger charge is -2.10. The molecule has 0 aliphatic heterocycles. The van der Waals surface area contributed by atoms with Crippen LogP contribution in [0.2, 0.25) is 0 Å². The number of ether oxygens (including phenoxy) is 1. The number of hydrogen-bond acceptors (Lipinski definition) is 4. The van der Waals surface area contributed by atoms with E-state index in [1.165, 1.54) is 5.39 Å². The third-order valence-corrected chi connectivity index (χ3v) is 5.32. The van der Waals surface area contributed by atoms with E-state index in [0.29, 0.717) is 46.5 Å². The summed E-state index contributed by atoms with van der Waals surface area (Å²) in [5, 5.41) is 5.24. The molecule has 0 aliphatic rings. The smallest absolute Gasteiger partial charge is 0.255 e. The minimum Gasteiger partial charge on any atom is -0.493 e. The number of benzene rings is 4. The van der Waals surface area contributed by atoms with Crippen molar-refractivity contribution in [1.29, 1.82) is 0 Å². The summed E-state index contributed by atoms with van der Waals surface area (Å²) in [6.45, 7) is 4.78. The van der Waals surface area contributed by atoms with E-state index in [0.717, 1.165) is 10.9 Å². The quantitative estimate of drug-likeness (QED) is 0.313. The van der Waals surface area contributed by atoms with Crippen molar-refractivity contribution in [2.75, 3.05) is 11.9 Å². The highest BCUT2D eigenvalue weighted by molar-refractivity contribution is 6.05. The van der Waals surface area contributed by atoms with Gasteiger partial charge in [0.05, 0.1) is 6.61 Å². The fourth-order valence-electron chi connectivity index (χ4n) is 3.64. The van der Waals surface area contributed by atoms with Crippen LogP contribution in [0.5, 0.6) is 5.75 Å². The fourth-order valence-corrected chi connectivity index (χ4v) is 3.64. The van der Waals surface area contributed by atoms with Crippen LogP contribution in [0.4, 0.5) is 5.69 Å². The second-order valence-electron chi connectivity index (χ2n) is 8.45. The second kappa shape index (κ2) is 8.79. The van der Waals surface area contributed by atoms with Gasteiger partial charge in [-0.2, -0.15) is 0 Å². The van der Waals surface area contributed by atoms with Gasteiger partial charge in [0.2, 0.25) is 5.89 Å². The van der Waals surface area contributed by atoms with Crippen molar-refractivity contribution in [1.82, 2.24) is 4.98 Å². The van der Waals surface area contributed by atoms with Crippen molar-refractivity contribution < 1.29 is 13.9 Å². The average molecular weight is 437 g/mol. The molecular weight excluding hydrogens is 412 g/mol. The molecule has 1 amide bonds. The predicted octanol–water partition coefficient (Wildman–Crippen LogP) is 6.94. The monoisotopic (exact) mass is 436 g/mol. The first-order valence-electron chi connectivity index (χ1n) is 11.0. The second-order valence-corrected chi connectivity index (χ2v) is 8.45. The van der Waals surface area contributed by atoms with E-state index in [4.69, 9.17) is 9.15 Å². The summed E-state index contributed by atoms with van der Waals surface area (Å²) < 4.78 is 11.7. The Morgan fingerprint density at radius 2 is 1.79 bits per heavy atom. The van der Waals surface area contributed by atoms with Gasteiger partial charge in [0.25, 0.3) is 5.91 Å². The minimum absolute atomic E-state index is 0.206. The Labute approximate surface area is 192 Å². The average Bonchev–Trinajstić information content (AvgIpc) is 3.26. The summed E-state index contributed by atoms with van der Waals surface area (Å²) in [5.41, 5.74) is 3.45. The topological polar surface area (TPSA) is 64.4 Å². The van der Waals surface area contributed by atoms with Gasteiger partial charge in [0, 0.05) is 16.8 Å². The van der Waals surface area contributed by atoms with Crippen LogP contribution in [0, 0.1) is 5.92 Å². The van der Waals surface area contributed by atoms with E-state index in [1.54, 1.807) is 12.1 Å². The third-order valence-electron chi connectivity index (χ3n) is 5.32. The number of carbonyl (C=O) groups is 1. The van der Waals surface area contributed by atoms with Gasteiger partial charge in [-0.15, -0.1) is 0 Å². The Balaban J connectivity index is 1.36. The summed E-state index contributed by atoms with van der Waals surface area (Å²) in [5.74, 6) is 1.44. The molecule has 0 aliphatic carbocycles. The van der Waals surface area contributed by atoms with Crippen LogP contribution in [0.25, 0.3) is 33.3 Å². The molecule has 164 valence electrons. The number of oxazole rings is 1. The Morgan fingerprint density at radius 1 is 0.939 bits per heavy atom. The molecule has 4 aromatic carbocycles. The first kappa shape index (κ1) is 20.8. The van der Waals surface area contributed by atoms with Gasteiger partial charge in [-0.05, 0) is 65.2 Å². The molecule has 1 aromatic heterocycles. The Bertz CT molecular complexity index is 1450. The lowest BCUT2D eigenvalue weighted by Crippen LogP contribution is -2.12. The van der Waals surface area contributed by atoms with E-state index in [9.17, 15) is 4.79 Å². The molecule has 0 saturated heterocycles.